The number of imidazole rings is 1. The van der Waals surface area contributed by atoms with Gasteiger partial charge in [-0.3, -0.25) is 4.79 Å². The van der Waals surface area contributed by atoms with E-state index in [4.69, 9.17) is 4.74 Å². The van der Waals surface area contributed by atoms with Crippen LogP contribution in [-0.2, 0) is 24.3 Å². The summed E-state index contributed by atoms with van der Waals surface area (Å²) in [5.74, 6) is 1.23. The number of carbonyl (C=O) groups is 1. The van der Waals surface area contributed by atoms with Gasteiger partial charge in [0, 0.05) is 11.9 Å². The molecule has 6 heteroatoms. The maximum absolute atomic E-state index is 12.7. The number of aliphatic hydroxyl groups is 1. The van der Waals surface area contributed by atoms with Gasteiger partial charge in [0.1, 0.15) is 24.3 Å². The smallest absolute Gasteiger partial charge is 0.227 e. The Bertz CT molecular complexity index is 1440. The number of aromatic nitrogens is 2. The van der Waals surface area contributed by atoms with Crippen molar-refractivity contribution in [2.75, 3.05) is 6.61 Å². The van der Waals surface area contributed by atoms with Crippen molar-refractivity contribution in [3.63, 3.8) is 0 Å². The quantitative estimate of drug-likeness (QED) is 0.336. The fourth-order valence-electron chi connectivity index (χ4n) is 4.24. The molecule has 0 saturated heterocycles. The molecule has 0 spiro atoms. The predicted octanol–water partition coefficient (Wildman–Crippen LogP) is 4.49. The SMILES string of the molecule is O=C(Cc1nc2ccccc2n1C[C@@H](O)COc1cccc2ccccc12)NCc1ccccc1. The van der Waals surface area contributed by atoms with Gasteiger partial charge in [-0.2, -0.15) is 0 Å². The molecule has 4 aromatic carbocycles. The minimum absolute atomic E-state index is 0.119. The molecule has 5 rings (SSSR count). The van der Waals surface area contributed by atoms with Crippen molar-refractivity contribution in [1.82, 2.24) is 14.9 Å². The molecule has 1 aromatic heterocycles. The molecule has 6 nitrogen and oxygen atoms in total. The summed E-state index contributed by atoms with van der Waals surface area (Å²) in [5.41, 5.74) is 2.71. The first-order valence-electron chi connectivity index (χ1n) is 11.7. The third-order valence-electron chi connectivity index (χ3n) is 5.96. The maximum Gasteiger partial charge on any atom is 0.227 e. The Morgan fingerprint density at radius 3 is 2.54 bits per heavy atom. The molecule has 0 unspecified atom stereocenters. The highest BCUT2D eigenvalue weighted by molar-refractivity contribution is 5.88. The third-order valence-corrected chi connectivity index (χ3v) is 5.96. The second-order valence-corrected chi connectivity index (χ2v) is 8.51. The number of fused-ring (bicyclic) bond motifs is 2. The normalized spacial score (nSPS) is 12.0. The van der Waals surface area contributed by atoms with E-state index in [1.54, 1.807) is 0 Å². The standard InChI is InChI=1S/C29H27N3O3/c33-23(20-35-27-16-8-12-22-11-4-5-13-24(22)27)19-32-26-15-7-6-14-25(26)31-28(32)17-29(34)30-18-21-9-2-1-3-10-21/h1-16,23,33H,17-20H2,(H,30,34)/t23-/m1/s1. The van der Waals surface area contributed by atoms with Crippen molar-refractivity contribution in [3.8, 4) is 5.75 Å². The Morgan fingerprint density at radius 1 is 0.914 bits per heavy atom. The average molecular weight is 466 g/mol. The van der Waals surface area contributed by atoms with Crippen LogP contribution in [0.5, 0.6) is 5.75 Å². The molecule has 1 heterocycles. The summed E-state index contributed by atoms with van der Waals surface area (Å²) in [5, 5.41) is 15.9. The Kier molecular flexibility index (Phi) is 6.73. The second kappa shape index (κ2) is 10.4. The van der Waals surface area contributed by atoms with Crippen molar-refractivity contribution in [2.45, 2.75) is 25.6 Å². The van der Waals surface area contributed by atoms with Crippen LogP contribution >= 0.6 is 0 Å². The third kappa shape index (κ3) is 5.34. The minimum Gasteiger partial charge on any atom is -0.490 e. The molecular formula is C29H27N3O3. The van der Waals surface area contributed by atoms with Gasteiger partial charge >= 0.3 is 0 Å². The van der Waals surface area contributed by atoms with E-state index in [1.165, 1.54) is 0 Å². The lowest BCUT2D eigenvalue weighted by Gasteiger charge is -2.16. The van der Waals surface area contributed by atoms with Crippen LogP contribution in [0, 0.1) is 0 Å². The molecule has 0 aliphatic carbocycles. The lowest BCUT2D eigenvalue weighted by molar-refractivity contribution is -0.120. The van der Waals surface area contributed by atoms with E-state index in [1.807, 2.05) is 102 Å². The molecule has 176 valence electrons. The zero-order valence-electron chi connectivity index (χ0n) is 19.3. The summed E-state index contributed by atoms with van der Waals surface area (Å²) in [4.78, 5) is 17.4. The van der Waals surface area contributed by atoms with Gasteiger partial charge in [0.05, 0.1) is 24.0 Å². The summed E-state index contributed by atoms with van der Waals surface area (Å²) in [6.07, 6.45) is -0.656. The monoisotopic (exact) mass is 465 g/mol. The van der Waals surface area contributed by atoms with Crippen LogP contribution in [0.1, 0.15) is 11.4 Å². The van der Waals surface area contributed by atoms with E-state index in [-0.39, 0.29) is 25.5 Å². The number of nitrogens with zero attached hydrogens (tertiary/aromatic N) is 2. The van der Waals surface area contributed by atoms with Crippen LogP contribution in [-0.4, -0.2) is 33.3 Å². The van der Waals surface area contributed by atoms with E-state index in [0.717, 1.165) is 33.1 Å². The van der Waals surface area contributed by atoms with E-state index >= 15 is 0 Å². The zero-order valence-corrected chi connectivity index (χ0v) is 19.3. The molecule has 2 N–H and O–H groups in total. The van der Waals surface area contributed by atoms with Crippen LogP contribution in [0.15, 0.2) is 97.1 Å². The van der Waals surface area contributed by atoms with Gasteiger partial charge < -0.3 is 19.7 Å². The highest BCUT2D eigenvalue weighted by Crippen LogP contribution is 2.25. The summed E-state index contributed by atoms with van der Waals surface area (Å²) in [7, 11) is 0. The Hall–Kier alpha value is -4.16. The predicted molar refractivity (Wildman–Crippen MR) is 137 cm³/mol. The van der Waals surface area contributed by atoms with E-state index in [9.17, 15) is 9.90 Å². The number of amides is 1. The number of aliphatic hydroxyl groups excluding tert-OH is 1. The summed E-state index contributed by atoms with van der Waals surface area (Å²) in [6, 6.07) is 31.4. The number of nitrogens with one attached hydrogen (secondary N) is 1. The number of carbonyl (C=O) groups excluding carboxylic acids is 1. The van der Waals surface area contributed by atoms with Gasteiger partial charge in [0.15, 0.2) is 0 Å². The number of hydrogen-bond donors (Lipinski definition) is 2. The molecule has 35 heavy (non-hydrogen) atoms. The molecule has 1 atom stereocenters. The number of rotatable bonds is 9. The molecule has 0 radical (unpaired) electrons. The second-order valence-electron chi connectivity index (χ2n) is 8.51. The van der Waals surface area contributed by atoms with Crippen molar-refractivity contribution < 1.29 is 14.6 Å². The summed E-state index contributed by atoms with van der Waals surface area (Å²) >= 11 is 0. The van der Waals surface area contributed by atoms with Gasteiger partial charge in [0.2, 0.25) is 5.91 Å². The van der Waals surface area contributed by atoms with Crippen molar-refractivity contribution >= 4 is 27.7 Å². The van der Waals surface area contributed by atoms with Crippen LogP contribution < -0.4 is 10.1 Å². The molecule has 1 amide bonds. The first kappa shape index (κ1) is 22.6. The lowest BCUT2D eigenvalue weighted by atomic mass is 10.1. The lowest BCUT2D eigenvalue weighted by Crippen LogP contribution is -2.28. The highest BCUT2D eigenvalue weighted by Gasteiger charge is 2.17. The van der Waals surface area contributed by atoms with Crippen LogP contribution in [0.25, 0.3) is 21.8 Å². The molecule has 5 aromatic rings. The van der Waals surface area contributed by atoms with E-state index in [0.29, 0.717) is 12.4 Å². The fourth-order valence-corrected chi connectivity index (χ4v) is 4.24. The van der Waals surface area contributed by atoms with Crippen LogP contribution in [0.3, 0.4) is 0 Å². The van der Waals surface area contributed by atoms with Crippen molar-refractivity contribution in [2.24, 2.45) is 0 Å². The van der Waals surface area contributed by atoms with Gasteiger partial charge in [0.25, 0.3) is 0 Å². The summed E-state index contributed by atoms with van der Waals surface area (Å²) < 4.78 is 7.90. The van der Waals surface area contributed by atoms with Gasteiger partial charge in [-0.25, -0.2) is 4.98 Å². The van der Waals surface area contributed by atoms with E-state index < -0.39 is 6.10 Å². The Labute approximate surface area is 203 Å². The van der Waals surface area contributed by atoms with Gasteiger partial charge in [-0.05, 0) is 29.1 Å². The number of ether oxygens (including phenoxy) is 1. The molecular weight excluding hydrogens is 438 g/mol. The highest BCUT2D eigenvalue weighted by atomic mass is 16.5. The maximum atomic E-state index is 12.7. The topological polar surface area (TPSA) is 76.4 Å². The Balaban J connectivity index is 1.29. The molecule has 0 saturated carbocycles. The Morgan fingerprint density at radius 2 is 1.66 bits per heavy atom. The zero-order chi connectivity index (χ0) is 24.0. The van der Waals surface area contributed by atoms with Crippen molar-refractivity contribution in [1.29, 1.82) is 0 Å². The van der Waals surface area contributed by atoms with Gasteiger partial charge in [-0.1, -0.05) is 78.9 Å². The number of hydrogen-bond acceptors (Lipinski definition) is 4. The van der Waals surface area contributed by atoms with Crippen LogP contribution in [0.2, 0.25) is 0 Å². The van der Waals surface area contributed by atoms with E-state index in [2.05, 4.69) is 10.3 Å². The molecule has 0 fully saturated rings. The number of benzene rings is 4. The first-order chi connectivity index (χ1) is 17.2. The molecule has 0 bridgehead atoms. The average Bonchev–Trinajstić information content (AvgIpc) is 3.23. The molecule has 0 aliphatic rings. The van der Waals surface area contributed by atoms with Crippen LogP contribution in [0.4, 0.5) is 0 Å². The fraction of sp³-hybridized carbons (Fsp3) is 0.172. The molecule has 0 aliphatic heterocycles. The number of para-hydroxylation sites is 2. The minimum atomic E-state index is -0.780. The van der Waals surface area contributed by atoms with Gasteiger partial charge in [-0.15, -0.1) is 0 Å². The van der Waals surface area contributed by atoms with Crippen molar-refractivity contribution in [3.05, 3.63) is 108 Å². The summed E-state index contributed by atoms with van der Waals surface area (Å²) in [6.45, 7) is 0.855. The first-order valence-corrected chi connectivity index (χ1v) is 11.7. The largest absolute Gasteiger partial charge is 0.490 e.